The predicted octanol–water partition coefficient (Wildman–Crippen LogP) is 4.23. The molecule has 0 aliphatic carbocycles. The maximum atomic E-state index is 12.1. The van der Waals surface area contributed by atoms with Crippen molar-refractivity contribution in [2.24, 2.45) is 0 Å². The predicted molar refractivity (Wildman–Crippen MR) is 94.0 cm³/mol. The number of halogens is 1. The van der Waals surface area contributed by atoms with Crippen molar-refractivity contribution in [2.75, 3.05) is 0 Å². The molecule has 1 heterocycles. The molecule has 4 heteroatoms. The van der Waals surface area contributed by atoms with E-state index in [2.05, 4.69) is 31.1 Å². The van der Waals surface area contributed by atoms with Gasteiger partial charge >= 0.3 is 0 Å². The number of nitrogens with zero attached hydrogens (tertiary/aromatic N) is 2. The van der Waals surface area contributed by atoms with E-state index in [1.165, 1.54) is 10.2 Å². The first-order valence-corrected chi connectivity index (χ1v) is 7.81. The lowest BCUT2D eigenvalue weighted by Gasteiger charge is -2.10. The summed E-state index contributed by atoms with van der Waals surface area (Å²) in [7, 11) is 0. The fourth-order valence-electron chi connectivity index (χ4n) is 2.62. The van der Waals surface area contributed by atoms with Crippen LogP contribution in [0.3, 0.4) is 0 Å². The van der Waals surface area contributed by atoms with E-state index in [1.54, 1.807) is 12.1 Å². The highest BCUT2D eigenvalue weighted by Gasteiger charge is 2.07. The molecule has 3 rings (SSSR count). The van der Waals surface area contributed by atoms with Crippen molar-refractivity contribution in [2.45, 2.75) is 20.4 Å². The molecule has 1 aromatic heterocycles. The van der Waals surface area contributed by atoms with Gasteiger partial charge in [0.05, 0.1) is 12.2 Å². The van der Waals surface area contributed by atoms with Crippen molar-refractivity contribution in [3.8, 4) is 11.3 Å². The van der Waals surface area contributed by atoms with Crippen LogP contribution in [0.1, 0.15) is 16.7 Å². The summed E-state index contributed by atoms with van der Waals surface area (Å²) in [5.41, 5.74) is 5.01. The quantitative estimate of drug-likeness (QED) is 0.722. The van der Waals surface area contributed by atoms with Crippen LogP contribution < -0.4 is 5.56 Å². The molecule has 0 radical (unpaired) electrons. The van der Waals surface area contributed by atoms with Crippen LogP contribution in [-0.4, -0.2) is 9.78 Å². The second-order valence-corrected chi connectivity index (χ2v) is 6.10. The third-order valence-electron chi connectivity index (χ3n) is 3.75. The highest BCUT2D eigenvalue weighted by molar-refractivity contribution is 6.30. The Morgan fingerprint density at radius 1 is 1.04 bits per heavy atom. The van der Waals surface area contributed by atoms with Gasteiger partial charge in [0.25, 0.3) is 5.56 Å². The molecule has 0 bridgehead atoms. The second-order valence-electron chi connectivity index (χ2n) is 5.66. The first-order chi connectivity index (χ1) is 11.0. The number of aromatic nitrogens is 2. The van der Waals surface area contributed by atoms with Crippen LogP contribution >= 0.6 is 11.6 Å². The zero-order valence-electron chi connectivity index (χ0n) is 13.1. The van der Waals surface area contributed by atoms with Gasteiger partial charge in [-0.25, -0.2) is 4.68 Å². The minimum atomic E-state index is -0.126. The van der Waals surface area contributed by atoms with Crippen LogP contribution in [0.2, 0.25) is 5.02 Å². The van der Waals surface area contributed by atoms with Crippen LogP contribution in [0.15, 0.2) is 59.4 Å². The summed E-state index contributed by atoms with van der Waals surface area (Å²) in [5.74, 6) is 0. The van der Waals surface area contributed by atoms with E-state index in [4.69, 9.17) is 11.6 Å². The third-order valence-corrected chi connectivity index (χ3v) is 3.98. The van der Waals surface area contributed by atoms with Crippen molar-refractivity contribution in [3.63, 3.8) is 0 Å². The average Bonchev–Trinajstić information content (AvgIpc) is 2.50. The fraction of sp³-hybridized carbons (Fsp3) is 0.158. The molecule has 0 aliphatic heterocycles. The third kappa shape index (κ3) is 3.51. The number of rotatable bonds is 3. The monoisotopic (exact) mass is 324 g/mol. The van der Waals surface area contributed by atoms with Gasteiger partial charge in [0, 0.05) is 16.7 Å². The van der Waals surface area contributed by atoms with Gasteiger partial charge in [-0.1, -0.05) is 47.5 Å². The van der Waals surface area contributed by atoms with Crippen molar-refractivity contribution in [1.82, 2.24) is 9.78 Å². The van der Waals surface area contributed by atoms with E-state index in [0.29, 0.717) is 11.6 Å². The lowest BCUT2D eigenvalue weighted by Crippen LogP contribution is -2.22. The molecule has 0 spiro atoms. The smallest absolute Gasteiger partial charge is 0.267 e. The van der Waals surface area contributed by atoms with E-state index < -0.39 is 0 Å². The molecule has 0 saturated carbocycles. The molecule has 0 saturated heterocycles. The van der Waals surface area contributed by atoms with Crippen LogP contribution in [-0.2, 0) is 6.54 Å². The summed E-state index contributed by atoms with van der Waals surface area (Å²) in [5, 5.41) is 5.17. The van der Waals surface area contributed by atoms with Crippen molar-refractivity contribution >= 4 is 11.6 Å². The van der Waals surface area contributed by atoms with Crippen molar-refractivity contribution < 1.29 is 0 Å². The molecule has 23 heavy (non-hydrogen) atoms. The van der Waals surface area contributed by atoms with Gasteiger partial charge in [0.15, 0.2) is 0 Å². The number of aryl methyl sites for hydroxylation is 2. The highest BCUT2D eigenvalue weighted by atomic mass is 35.5. The molecule has 0 amide bonds. The van der Waals surface area contributed by atoms with Crippen LogP contribution in [0.5, 0.6) is 0 Å². The molecule has 2 aromatic carbocycles. The fourth-order valence-corrected chi connectivity index (χ4v) is 2.83. The minimum absolute atomic E-state index is 0.126. The highest BCUT2D eigenvalue weighted by Crippen LogP contribution is 2.21. The maximum absolute atomic E-state index is 12.1. The summed E-state index contributed by atoms with van der Waals surface area (Å²) in [4.78, 5) is 12.1. The number of hydrogen-bond donors (Lipinski definition) is 0. The molecule has 3 aromatic rings. The van der Waals surface area contributed by atoms with Gasteiger partial charge in [-0.05, 0) is 43.2 Å². The summed E-state index contributed by atoms with van der Waals surface area (Å²) < 4.78 is 1.47. The topological polar surface area (TPSA) is 34.9 Å². The Labute approximate surface area is 140 Å². The van der Waals surface area contributed by atoms with Gasteiger partial charge in [-0.3, -0.25) is 4.79 Å². The summed E-state index contributed by atoms with van der Waals surface area (Å²) in [6, 6.07) is 17.0. The molecule has 0 atom stereocenters. The lowest BCUT2D eigenvalue weighted by molar-refractivity contribution is 0.642. The largest absolute Gasteiger partial charge is 0.268 e. The van der Waals surface area contributed by atoms with E-state index in [0.717, 1.165) is 22.4 Å². The van der Waals surface area contributed by atoms with Gasteiger partial charge < -0.3 is 0 Å². The molecule has 3 nitrogen and oxygen atoms in total. The Morgan fingerprint density at radius 2 is 1.87 bits per heavy atom. The Balaban J connectivity index is 2.01. The lowest BCUT2D eigenvalue weighted by atomic mass is 10.0. The second kappa shape index (κ2) is 6.39. The summed E-state index contributed by atoms with van der Waals surface area (Å²) in [6.07, 6.45) is 0. The zero-order valence-corrected chi connectivity index (χ0v) is 13.8. The van der Waals surface area contributed by atoms with E-state index in [1.807, 2.05) is 30.3 Å². The maximum Gasteiger partial charge on any atom is 0.267 e. The van der Waals surface area contributed by atoms with Gasteiger partial charge in [0.2, 0.25) is 0 Å². The molecule has 0 aliphatic rings. The van der Waals surface area contributed by atoms with E-state index in [9.17, 15) is 4.79 Å². The summed E-state index contributed by atoms with van der Waals surface area (Å²) in [6.45, 7) is 4.51. The molecule has 0 unspecified atom stereocenters. The first-order valence-electron chi connectivity index (χ1n) is 7.43. The minimum Gasteiger partial charge on any atom is -0.268 e. The average molecular weight is 325 g/mol. The standard InChI is InChI=1S/C19H17ClN2O/c1-13-6-7-17(14(2)10-13)18-8-9-19(23)22(21-18)12-15-4-3-5-16(20)11-15/h3-11H,12H2,1-2H3. The SMILES string of the molecule is Cc1ccc(-c2ccc(=O)n(Cc3cccc(Cl)c3)n2)c(C)c1. The Bertz CT molecular complexity index is 915. The Morgan fingerprint density at radius 3 is 2.61 bits per heavy atom. The Kier molecular flexibility index (Phi) is 4.30. The van der Waals surface area contributed by atoms with Gasteiger partial charge in [-0.15, -0.1) is 0 Å². The van der Waals surface area contributed by atoms with Crippen LogP contribution in [0, 0.1) is 13.8 Å². The number of benzene rings is 2. The molecule has 0 N–H and O–H groups in total. The molecule has 116 valence electrons. The van der Waals surface area contributed by atoms with E-state index >= 15 is 0 Å². The van der Waals surface area contributed by atoms with E-state index in [-0.39, 0.29) is 5.56 Å². The molecular weight excluding hydrogens is 308 g/mol. The van der Waals surface area contributed by atoms with Crippen LogP contribution in [0.25, 0.3) is 11.3 Å². The zero-order chi connectivity index (χ0) is 16.4. The number of hydrogen-bond acceptors (Lipinski definition) is 2. The van der Waals surface area contributed by atoms with Crippen molar-refractivity contribution in [3.05, 3.63) is 86.7 Å². The van der Waals surface area contributed by atoms with Crippen LogP contribution in [0.4, 0.5) is 0 Å². The summed E-state index contributed by atoms with van der Waals surface area (Å²) >= 11 is 6.01. The molecular formula is C19H17ClN2O. The van der Waals surface area contributed by atoms with Gasteiger partial charge in [-0.2, -0.15) is 5.10 Å². The normalized spacial score (nSPS) is 10.7. The van der Waals surface area contributed by atoms with Crippen molar-refractivity contribution in [1.29, 1.82) is 0 Å². The van der Waals surface area contributed by atoms with Gasteiger partial charge in [0.1, 0.15) is 0 Å². The first kappa shape index (κ1) is 15.5. The Hall–Kier alpha value is -2.39. The molecule has 0 fully saturated rings.